The monoisotopic (exact) mass is 376 g/mol. The summed E-state index contributed by atoms with van der Waals surface area (Å²) in [6.45, 7) is 1.38. The predicted molar refractivity (Wildman–Crippen MR) is 96.5 cm³/mol. The number of rotatable bonds is 5. The summed E-state index contributed by atoms with van der Waals surface area (Å²) in [7, 11) is 0. The number of hydrogen-bond acceptors (Lipinski definition) is 2. The minimum atomic E-state index is -4.45. The second kappa shape index (κ2) is 7.42. The van der Waals surface area contributed by atoms with Crippen LogP contribution in [0.2, 0.25) is 0 Å². The van der Waals surface area contributed by atoms with E-state index in [-0.39, 0.29) is 29.5 Å². The molecule has 0 aromatic heterocycles. The van der Waals surface area contributed by atoms with Gasteiger partial charge in [0.05, 0.1) is 12.0 Å². The van der Waals surface area contributed by atoms with Gasteiger partial charge in [-0.05, 0) is 54.7 Å². The van der Waals surface area contributed by atoms with Gasteiger partial charge in [0.2, 0.25) is 11.8 Å². The highest BCUT2D eigenvalue weighted by Gasteiger charge is 2.32. The van der Waals surface area contributed by atoms with Crippen LogP contribution in [-0.2, 0) is 28.6 Å². The summed E-state index contributed by atoms with van der Waals surface area (Å²) in [5.74, 6) is -0.358. The van der Waals surface area contributed by atoms with Gasteiger partial charge in [0, 0.05) is 17.8 Å². The van der Waals surface area contributed by atoms with Crippen LogP contribution in [0.4, 0.5) is 24.5 Å². The first-order chi connectivity index (χ1) is 12.7. The maximum atomic E-state index is 12.9. The number of hydrogen-bond donors (Lipinski definition) is 2. The smallest absolute Gasteiger partial charge is 0.326 e. The molecule has 142 valence electrons. The lowest BCUT2D eigenvalue weighted by Crippen LogP contribution is -2.13. The molecule has 0 fully saturated rings. The molecule has 1 heterocycles. The fourth-order valence-electron chi connectivity index (χ4n) is 3.12. The number of amides is 2. The lowest BCUT2D eigenvalue weighted by molar-refractivity contribution is -0.138. The van der Waals surface area contributed by atoms with Gasteiger partial charge in [-0.25, -0.2) is 0 Å². The van der Waals surface area contributed by atoms with E-state index in [0.29, 0.717) is 19.3 Å². The van der Waals surface area contributed by atoms with Gasteiger partial charge in [-0.2, -0.15) is 13.2 Å². The number of carbonyl (C=O) groups is 2. The zero-order valence-corrected chi connectivity index (χ0v) is 14.7. The fraction of sp³-hybridized carbons (Fsp3) is 0.300. The van der Waals surface area contributed by atoms with E-state index in [9.17, 15) is 22.8 Å². The summed E-state index contributed by atoms with van der Waals surface area (Å²) in [4.78, 5) is 23.4. The standard InChI is InChI=1S/C20H19F3N2O2/c1-12-5-7-15(11-16(12)20(21,22)23)24-18(26)4-2-3-13-6-8-17-14(9-13)10-19(27)25-17/h5-9,11H,2-4,10H2,1H3,(H,24,26)(H,25,27). The molecule has 2 amide bonds. The number of carbonyl (C=O) groups excluding carboxylic acids is 2. The highest BCUT2D eigenvalue weighted by atomic mass is 19.4. The molecule has 0 saturated carbocycles. The van der Waals surface area contributed by atoms with E-state index >= 15 is 0 Å². The first kappa shape index (κ1) is 18.9. The minimum Gasteiger partial charge on any atom is -0.326 e. The van der Waals surface area contributed by atoms with E-state index in [2.05, 4.69) is 10.6 Å². The molecule has 0 bridgehead atoms. The van der Waals surface area contributed by atoms with E-state index < -0.39 is 11.7 Å². The average molecular weight is 376 g/mol. The molecule has 2 aromatic rings. The number of aryl methyl sites for hydroxylation is 2. The Morgan fingerprint density at radius 3 is 2.70 bits per heavy atom. The molecule has 0 unspecified atom stereocenters. The molecular weight excluding hydrogens is 357 g/mol. The summed E-state index contributed by atoms with van der Waals surface area (Å²) in [5, 5.41) is 5.28. The molecule has 0 radical (unpaired) electrons. The van der Waals surface area contributed by atoms with Crippen molar-refractivity contribution in [3.63, 3.8) is 0 Å². The molecule has 2 aromatic carbocycles. The lowest BCUT2D eigenvalue weighted by atomic mass is 10.0. The van der Waals surface area contributed by atoms with Crippen molar-refractivity contribution in [2.45, 2.75) is 38.8 Å². The van der Waals surface area contributed by atoms with Crippen LogP contribution in [-0.4, -0.2) is 11.8 Å². The molecular formula is C20H19F3N2O2. The van der Waals surface area contributed by atoms with Gasteiger partial charge in [-0.15, -0.1) is 0 Å². The van der Waals surface area contributed by atoms with Crippen LogP contribution in [0.3, 0.4) is 0 Å². The van der Waals surface area contributed by atoms with Gasteiger partial charge in [0.1, 0.15) is 0 Å². The molecule has 0 saturated heterocycles. The van der Waals surface area contributed by atoms with Crippen LogP contribution in [0.25, 0.3) is 0 Å². The third-order valence-corrected chi connectivity index (χ3v) is 4.49. The number of fused-ring (bicyclic) bond motifs is 1. The molecule has 27 heavy (non-hydrogen) atoms. The largest absolute Gasteiger partial charge is 0.416 e. The maximum Gasteiger partial charge on any atom is 0.416 e. The Balaban J connectivity index is 1.53. The van der Waals surface area contributed by atoms with Crippen molar-refractivity contribution in [3.8, 4) is 0 Å². The summed E-state index contributed by atoms with van der Waals surface area (Å²) >= 11 is 0. The Hall–Kier alpha value is -2.83. The highest BCUT2D eigenvalue weighted by molar-refractivity contribution is 5.99. The Labute approximate surface area is 154 Å². The van der Waals surface area contributed by atoms with Crippen LogP contribution in [0, 0.1) is 6.92 Å². The number of nitrogens with one attached hydrogen (secondary N) is 2. The van der Waals surface area contributed by atoms with E-state index in [0.717, 1.165) is 22.9 Å². The van der Waals surface area contributed by atoms with E-state index in [1.54, 1.807) is 0 Å². The average Bonchev–Trinajstić information content (AvgIpc) is 2.95. The SMILES string of the molecule is Cc1ccc(NC(=O)CCCc2ccc3c(c2)CC(=O)N3)cc1C(F)(F)F. The molecule has 4 nitrogen and oxygen atoms in total. The second-order valence-corrected chi connectivity index (χ2v) is 6.65. The van der Waals surface area contributed by atoms with Crippen molar-refractivity contribution in [1.29, 1.82) is 0 Å². The lowest BCUT2D eigenvalue weighted by Gasteiger charge is -2.13. The third-order valence-electron chi connectivity index (χ3n) is 4.49. The van der Waals surface area contributed by atoms with Crippen molar-refractivity contribution < 1.29 is 22.8 Å². The van der Waals surface area contributed by atoms with Crippen LogP contribution in [0.5, 0.6) is 0 Å². The Morgan fingerprint density at radius 2 is 1.96 bits per heavy atom. The van der Waals surface area contributed by atoms with Gasteiger partial charge in [0.25, 0.3) is 0 Å². The Morgan fingerprint density at radius 1 is 1.19 bits per heavy atom. The zero-order chi connectivity index (χ0) is 19.6. The second-order valence-electron chi connectivity index (χ2n) is 6.65. The molecule has 1 aliphatic rings. The van der Waals surface area contributed by atoms with Crippen LogP contribution in [0.15, 0.2) is 36.4 Å². The maximum absolute atomic E-state index is 12.9. The Kier molecular flexibility index (Phi) is 5.21. The number of anilines is 2. The topological polar surface area (TPSA) is 58.2 Å². The van der Waals surface area contributed by atoms with Gasteiger partial charge in [-0.1, -0.05) is 18.2 Å². The fourth-order valence-corrected chi connectivity index (χ4v) is 3.12. The molecule has 0 spiro atoms. The first-order valence-corrected chi connectivity index (χ1v) is 8.62. The molecule has 7 heteroatoms. The number of alkyl halides is 3. The highest BCUT2D eigenvalue weighted by Crippen LogP contribution is 2.33. The van der Waals surface area contributed by atoms with Crippen molar-refractivity contribution in [3.05, 3.63) is 58.7 Å². The summed E-state index contributed by atoms with van der Waals surface area (Å²) in [6, 6.07) is 9.46. The van der Waals surface area contributed by atoms with Crippen molar-refractivity contribution >= 4 is 23.2 Å². The van der Waals surface area contributed by atoms with E-state index in [4.69, 9.17) is 0 Å². The van der Waals surface area contributed by atoms with Crippen LogP contribution >= 0.6 is 0 Å². The summed E-state index contributed by atoms with van der Waals surface area (Å²) < 4.78 is 38.8. The van der Waals surface area contributed by atoms with Crippen molar-refractivity contribution in [1.82, 2.24) is 0 Å². The quantitative estimate of drug-likeness (QED) is 0.809. The van der Waals surface area contributed by atoms with E-state index in [1.165, 1.54) is 19.1 Å². The zero-order valence-electron chi connectivity index (χ0n) is 14.7. The van der Waals surface area contributed by atoms with Crippen molar-refractivity contribution in [2.24, 2.45) is 0 Å². The number of halogens is 3. The minimum absolute atomic E-state index is 0.0298. The van der Waals surface area contributed by atoms with Gasteiger partial charge in [-0.3, -0.25) is 9.59 Å². The van der Waals surface area contributed by atoms with Crippen LogP contribution < -0.4 is 10.6 Å². The molecule has 2 N–H and O–H groups in total. The molecule has 3 rings (SSSR count). The normalized spacial score (nSPS) is 13.3. The van der Waals surface area contributed by atoms with Crippen molar-refractivity contribution in [2.75, 3.05) is 10.6 Å². The predicted octanol–water partition coefficient (Wildman–Crippen LogP) is 4.47. The molecule has 0 aliphatic carbocycles. The third kappa shape index (κ3) is 4.67. The Bertz CT molecular complexity index is 891. The van der Waals surface area contributed by atoms with Crippen LogP contribution in [0.1, 0.15) is 35.1 Å². The first-order valence-electron chi connectivity index (χ1n) is 8.62. The number of benzene rings is 2. The summed E-state index contributed by atoms with van der Waals surface area (Å²) in [6.07, 6.45) is -2.68. The molecule has 0 atom stereocenters. The summed E-state index contributed by atoms with van der Waals surface area (Å²) in [5.41, 5.74) is 2.29. The van der Waals surface area contributed by atoms with Gasteiger partial charge >= 0.3 is 6.18 Å². The van der Waals surface area contributed by atoms with E-state index in [1.807, 2.05) is 18.2 Å². The van der Waals surface area contributed by atoms with Gasteiger partial charge in [0.15, 0.2) is 0 Å². The van der Waals surface area contributed by atoms with Gasteiger partial charge < -0.3 is 10.6 Å². The molecule has 1 aliphatic heterocycles.